The maximum Gasteiger partial charge on any atom is 0.244 e. The van der Waals surface area contributed by atoms with Gasteiger partial charge in [0.2, 0.25) is 11.9 Å². The fraction of sp³-hybridized carbons (Fsp3) is 0.571. The molecule has 1 amide bonds. The summed E-state index contributed by atoms with van der Waals surface area (Å²) in [7, 11) is 1.76. The van der Waals surface area contributed by atoms with E-state index in [2.05, 4.69) is 19.9 Å². The molecule has 0 unspecified atom stereocenters. The van der Waals surface area contributed by atoms with E-state index in [-0.39, 0.29) is 12.5 Å². The number of nitrogens with two attached hydrogens (primary N) is 1. The number of guanidine groups is 1. The van der Waals surface area contributed by atoms with Crippen molar-refractivity contribution < 1.29 is 4.79 Å². The molecule has 0 atom stereocenters. The fourth-order valence-electron chi connectivity index (χ4n) is 2.14. The Morgan fingerprint density at radius 2 is 1.95 bits per heavy atom. The molecule has 0 aromatic carbocycles. The van der Waals surface area contributed by atoms with Gasteiger partial charge in [0.15, 0.2) is 5.96 Å². The highest BCUT2D eigenvalue weighted by Crippen LogP contribution is 2.09. The lowest BCUT2D eigenvalue weighted by molar-refractivity contribution is -0.128. The first-order valence-electron chi connectivity index (χ1n) is 7.42. The molecule has 0 saturated carbocycles. The van der Waals surface area contributed by atoms with Gasteiger partial charge in [-0.25, -0.2) is 15.0 Å². The monoisotopic (exact) mass is 305 g/mol. The fourth-order valence-corrected chi connectivity index (χ4v) is 2.14. The smallest absolute Gasteiger partial charge is 0.244 e. The zero-order chi connectivity index (χ0) is 15.9. The van der Waals surface area contributed by atoms with Gasteiger partial charge in [-0.15, -0.1) is 0 Å². The number of aliphatic imine (C=N–C) groups is 1. The van der Waals surface area contributed by atoms with Crippen LogP contribution in [-0.2, 0) is 4.79 Å². The number of hydrogen-bond donors (Lipinski definition) is 1. The van der Waals surface area contributed by atoms with Crippen LogP contribution in [0.4, 0.5) is 5.95 Å². The maximum absolute atomic E-state index is 11.7. The summed E-state index contributed by atoms with van der Waals surface area (Å²) in [5.41, 5.74) is 5.98. The summed E-state index contributed by atoms with van der Waals surface area (Å²) in [5.74, 6) is 1.13. The predicted molar refractivity (Wildman–Crippen MR) is 85.6 cm³/mol. The van der Waals surface area contributed by atoms with E-state index < -0.39 is 0 Å². The third-order valence-corrected chi connectivity index (χ3v) is 3.72. The molecule has 1 saturated heterocycles. The zero-order valence-electron chi connectivity index (χ0n) is 13.1. The molecule has 22 heavy (non-hydrogen) atoms. The quantitative estimate of drug-likeness (QED) is 0.589. The molecule has 0 bridgehead atoms. The molecule has 1 fully saturated rings. The van der Waals surface area contributed by atoms with E-state index in [9.17, 15) is 4.79 Å². The highest BCUT2D eigenvalue weighted by atomic mass is 16.2. The Morgan fingerprint density at radius 3 is 2.55 bits per heavy atom. The van der Waals surface area contributed by atoms with E-state index in [0.29, 0.717) is 12.5 Å². The molecule has 8 heteroatoms. The molecule has 1 aliphatic heterocycles. The third kappa shape index (κ3) is 4.06. The van der Waals surface area contributed by atoms with Gasteiger partial charge < -0.3 is 20.4 Å². The summed E-state index contributed by atoms with van der Waals surface area (Å²) in [4.78, 5) is 30.1. The van der Waals surface area contributed by atoms with Crippen LogP contribution in [0.15, 0.2) is 23.5 Å². The minimum atomic E-state index is -0.0261. The Kier molecular flexibility index (Phi) is 5.51. The van der Waals surface area contributed by atoms with Crippen molar-refractivity contribution in [2.24, 2.45) is 10.7 Å². The average Bonchev–Trinajstić information content (AvgIpc) is 2.59. The average molecular weight is 305 g/mol. The Balaban J connectivity index is 1.84. The number of nitrogens with zero attached hydrogens (tertiary/aromatic N) is 6. The molecule has 1 aromatic heterocycles. The lowest BCUT2D eigenvalue weighted by Crippen LogP contribution is -2.51. The van der Waals surface area contributed by atoms with Crippen LogP contribution in [0.25, 0.3) is 0 Å². The molecule has 0 radical (unpaired) electrons. The van der Waals surface area contributed by atoms with Crippen LogP contribution < -0.4 is 10.6 Å². The van der Waals surface area contributed by atoms with Crippen molar-refractivity contribution in [1.82, 2.24) is 19.8 Å². The van der Waals surface area contributed by atoms with E-state index in [1.54, 1.807) is 30.4 Å². The first-order chi connectivity index (χ1) is 10.6. The van der Waals surface area contributed by atoms with Crippen LogP contribution >= 0.6 is 0 Å². The SMILES string of the molecule is CCN(C)C(=O)CN=C(N)N1CCN(c2ncccn2)CC1. The molecular weight excluding hydrogens is 282 g/mol. The van der Waals surface area contributed by atoms with Gasteiger partial charge in [-0.1, -0.05) is 0 Å². The maximum atomic E-state index is 11.7. The molecule has 2 rings (SSSR count). The normalized spacial score (nSPS) is 15.8. The van der Waals surface area contributed by atoms with E-state index in [0.717, 1.165) is 32.1 Å². The van der Waals surface area contributed by atoms with Crippen molar-refractivity contribution in [3.8, 4) is 0 Å². The summed E-state index contributed by atoms with van der Waals surface area (Å²) in [6.07, 6.45) is 3.47. The van der Waals surface area contributed by atoms with Gasteiger partial charge in [0.05, 0.1) is 0 Å². The van der Waals surface area contributed by atoms with Crippen molar-refractivity contribution in [1.29, 1.82) is 0 Å². The molecule has 0 spiro atoms. The summed E-state index contributed by atoms with van der Waals surface area (Å²) < 4.78 is 0. The minimum Gasteiger partial charge on any atom is -0.370 e. The standard InChI is InChI=1S/C14H23N7O/c1-3-19(2)12(22)11-18-13(15)20-7-9-21(10-8-20)14-16-5-4-6-17-14/h4-6H,3,7-11H2,1-2H3,(H2,15,18). The Hall–Kier alpha value is -2.38. The number of hydrogen-bond acceptors (Lipinski definition) is 5. The molecule has 2 heterocycles. The second-order valence-corrected chi connectivity index (χ2v) is 5.11. The largest absolute Gasteiger partial charge is 0.370 e. The van der Waals surface area contributed by atoms with Gasteiger partial charge in [-0.3, -0.25) is 4.79 Å². The molecule has 1 aliphatic rings. The van der Waals surface area contributed by atoms with Crippen LogP contribution in [0.3, 0.4) is 0 Å². The number of carbonyl (C=O) groups excluding carboxylic acids is 1. The number of piperazine rings is 1. The number of aromatic nitrogens is 2. The van der Waals surface area contributed by atoms with E-state index in [1.165, 1.54) is 0 Å². The molecule has 120 valence electrons. The zero-order valence-corrected chi connectivity index (χ0v) is 13.1. The Morgan fingerprint density at radius 1 is 1.32 bits per heavy atom. The van der Waals surface area contributed by atoms with Gasteiger partial charge in [0.25, 0.3) is 0 Å². The molecular formula is C14H23N7O. The van der Waals surface area contributed by atoms with Gasteiger partial charge in [-0.2, -0.15) is 0 Å². The molecule has 0 aliphatic carbocycles. The van der Waals surface area contributed by atoms with Crippen LogP contribution in [-0.4, -0.2) is 78.0 Å². The second kappa shape index (κ2) is 7.58. The van der Waals surface area contributed by atoms with Crippen molar-refractivity contribution >= 4 is 17.8 Å². The first kappa shape index (κ1) is 16.0. The highest BCUT2D eigenvalue weighted by Gasteiger charge is 2.20. The number of rotatable bonds is 4. The third-order valence-electron chi connectivity index (χ3n) is 3.72. The summed E-state index contributed by atoms with van der Waals surface area (Å²) in [6.45, 7) is 5.74. The Bertz CT molecular complexity index is 511. The first-order valence-corrected chi connectivity index (χ1v) is 7.42. The number of likely N-dealkylation sites (N-methyl/N-ethyl adjacent to an activating group) is 1. The van der Waals surface area contributed by atoms with Crippen LogP contribution in [0.2, 0.25) is 0 Å². The van der Waals surface area contributed by atoms with E-state index in [1.807, 2.05) is 11.8 Å². The molecule has 8 nitrogen and oxygen atoms in total. The lowest BCUT2D eigenvalue weighted by atomic mass is 10.3. The van der Waals surface area contributed by atoms with Crippen molar-refractivity contribution in [2.45, 2.75) is 6.92 Å². The van der Waals surface area contributed by atoms with Crippen LogP contribution in [0, 0.1) is 0 Å². The van der Waals surface area contributed by atoms with Gasteiger partial charge in [0.1, 0.15) is 6.54 Å². The number of anilines is 1. The van der Waals surface area contributed by atoms with Gasteiger partial charge in [0, 0.05) is 52.2 Å². The summed E-state index contributed by atoms with van der Waals surface area (Å²) in [6, 6.07) is 1.80. The molecule has 1 aromatic rings. The van der Waals surface area contributed by atoms with Crippen molar-refractivity contribution in [2.75, 3.05) is 51.2 Å². The van der Waals surface area contributed by atoms with E-state index in [4.69, 9.17) is 5.73 Å². The topological polar surface area (TPSA) is 91.0 Å². The summed E-state index contributed by atoms with van der Waals surface area (Å²) >= 11 is 0. The molecule has 2 N–H and O–H groups in total. The number of amides is 1. The Labute approximate surface area is 130 Å². The van der Waals surface area contributed by atoms with Crippen molar-refractivity contribution in [3.63, 3.8) is 0 Å². The second-order valence-electron chi connectivity index (χ2n) is 5.11. The lowest BCUT2D eigenvalue weighted by Gasteiger charge is -2.35. The van der Waals surface area contributed by atoms with Crippen molar-refractivity contribution in [3.05, 3.63) is 18.5 Å². The predicted octanol–water partition coefficient (Wildman–Crippen LogP) is -0.608. The minimum absolute atomic E-state index is 0.0261. The van der Waals surface area contributed by atoms with E-state index >= 15 is 0 Å². The highest BCUT2D eigenvalue weighted by molar-refractivity contribution is 5.84. The van der Waals surface area contributed by atoms with Gasteiger partial charge in [-0.05, 0) is 13.0 Å². The summed E-state index contributed by atoms with van der Waals surface area (Å²) in [5, 5.41) is 0. The van der Waals surface area contributed by atoms with Crippen LogP contribution in [0.5, 0.6) is 0 Å². The number of carbonyl (C=O) groups is 1. The van der Waals surface area contributed by atoms with Gasteiger partial charge >= 0.3 is 0 Å². The van der Waals surface area contributed by atoms with Crippen LogP contribution in [0.1, 0.15) is 6.92 Å².